The number of piperazine rings is 1. The Morgan fingerprint density at radius 1 is 0.862 bits per heavy atom. The minimum Gasteiger partial charge on any atom is -0.378 e. The molecule has 2 fully saturated rings. The van der Waals surface area contributed by atoms with Gasteiger partial charge in [-0.05, 0) is 30.3 Å². The van der Waals surface area contributed by atoms with Crippen LogP contribution in [0.15, 0.2) is 48.8 Å². The maximum atomic E-state index is 12.9. The molecule has 5 heterocycles. The maximum Gasteiger partial charge on any atom is 0.255 e. The summed E-state index contributed by atoms with van der Waals surface area (Å²) in [7, 11) is 0. The first-order valence-electron chi connectivity index (χ1n) is 10.1. The highest BCUT2D eigenvalue weighted by Crippen LogP contribution is 2.19. The van der Waals surface area contributed by atoms with Gasteiger partial charge in [-0.3, -0.25) is 4.79 Å². The Morgan fingerprint density at radius 2 is 1.55 bits per heavy atom. The van der Waals surface area contributed by atoms with Crippen molar-refractivity contribution in [3.05, 3.63) is 54.4 Å². The van der Waals surface area contributed by atoms with E-state index in [9.17, 15) is 4.79 Å². The fraction of sp³-hybridized carbons (Fsp3) is 0.381. The standard InChI is InChI=1S/C21H24N6O2/c28-21(17-15-18-3-1-2-6-27(18)16-17)26-9-7-24(8-10-26)19-4-5-20(23-22-19)25-11-13-29-14-12-25/h1-6,15-16H,7-14H2. The van der Waals surface area contributed by atoms with Gasteiger partial charge in [-0.25, -0.2) is 0 Å². The summed E-state index contributed by atoms with van der Waals surface area (Å²) in [5, 5.41) is 8.82. The summed E-state index contributed by atoms with van der Waals surface area (Å²) < 4.78 is 7.37. The van der Waals surface area contributed by atoms with E-state index in [1.807, 2.05) is 58.1 Å². The second kappa shape index (κ2) is 7.71. The molecule has 0 saturated carbocycles. The van der Waals surface area contributed by atoms with Gasteiger partial charge >= 0.3 is 0 Å². The Labute approximate surface area is 169 Å². The number of hydrogen-bond acceptors (Lipinski definition) is 6. The third kappa shape index (κ3) is 3.63. The minimum absolute atomic E-state index is 0.0853. The van der Waals surface area contributed by atoms with Gasteiger partial charge in [0.2, 0.25) is 0 Å². The molecule has 150 valence electrons. The zero-order valence-electron chi connectivity index (χ0n) is 16.3. The first-order valence-corrected chi connectivity index (χ1v) is 10.1. The molecule has 3 aromatic heterocycles. The van der Waals surface area contributed by atoms with Crippen molar-refractivity contribution in [1.82, 2.24) is 19.5 Å². The van der Waals surface area contributed by atoms with Crippen LogP contribution in [0.1, 0.15) is 10.4 Å². The number of pyridine rings is 1. The molecule has 0 unspecified atom stereocenters. The van der Waals surface area contributed by atoms with E-state index in [1.165, 1.54) is 0 Å². The largest absolute Gasteiger partial charge is 0.378 e. The van der Waals surface area contributed by atoms with Gasteiger partial charge in [-0.2, -0.15) is 0 Å². The van der Waals surface area contributed by atoms with Crippen LogP contribution in [0.4, 0.5) is 11.6 Å². The van der Waals surface area contributed by atoms with Crippen LogP contribution in [0.2, 0.25) is 0 Å². The number of aromatic nitrogens is 3. The van der Waals surface area contributed by atoms with E-state index in [0.717, 1.165) is 62.1 Å². The van der Waals surface area contributed by atoms with Crippen LogP contribution in [0.5, 0.6) is 0 Å². The first kappa shape index (κ1) is 17.9. The van der Waals surface area contributed by atoms with Gasteiger partial charge in [0.1, 0.15) is 0 Å². The van der Waals surface area contributed by atoms with Gasteiger partial charge in [-0.15, -0.1) is 10.2 Å². The van der Waals surface area contributed by atoms with Gasteiger partial charge in [0.05, 0.1) is 18.8 Å². The molecule has 2 saturated heterocycles. The van der Waals surface area contributed by atoms with Crippen molar-refractivity contribution >= 4 is 23.1 Å². The molecule has 0 aliphatic carbocycles. The first-order chi connectivity index (χ1) is 14.3. The number of nitrogens with zero attached hydrogens (tertiary/aromatic N) is 6. The summed E-state index contributed by atoms with van der Waals surface area (Å²) in [6.45, 7) is 6.03. The van der Waals surface area contributed by atoms with Crippen molar-refractivity contribution in [3.8, 4) is 0 Å². The Morgan fingerprint density at radius 3 is 2.21 bits per heavy atom. The predicted octanol–water partition coefficient (Wildman–Crippen LogP) is 1.53. The molecule has 0 radical (unpaired) electrons. The minimum atomic E-state index is 0.0853. The van der Waals surface area contributed by atoms with Crippen LogP contribution < -0.4 is 9.80 Å². The van der Waals surface area contributed by atoms with Crippen LogP contribution in [0.25, 0.3) is 5.52 Å². The van der Waals surface area contributed by atoms with Crippen LogP contribution in [0.3, 0.4) is 0 Å². The lowest BCUT2D eigenvalue weighted by Gasteiger charge is -2.35. The summed E-state index contributed by atoms with van der Waals surface area (Å²) in [5.41, 5.74) is 1.77. The lowest BCUT2D eigenvalue weighted by atomic mass is 10.2. The Hall–Kier alpha value is -3.13. The van der Waals surface area contributed by atoms with Crippen molar-refractivity contribution < 1.29 is 9.53 Å². The monoisotopic (exact) mass is 392 g/mol. The van der Waals surface area contributed by atoms with Gasteiger partial charge in [0, 0.05) is 57.2 Å². The number of carbonyl (C=O) groups is 1. The van der Waals surface area contributed by atoms with Crippen LogP contribution >= 0.6 is 0 Å². The Balaban J connectivity index is 1.21. The van der Waals surface area contributed by atoms with E-state index in [4.69, 9.17) is 4.74 Å². The number of carbonyl (C=O) groups excluding carboxylic acids is 1. The number of morpholine rings is 1. The van der Waals surface area contributed by atoms with E-state index in [0.29, 0.717) is 13.1 Å². The SMILES string of the molecule is O=C(c1cc2ccccn2c1)N1CCN(c2ccc(N3CCOCC3)nn2)CC1. The lowest BCUT2D eigenvalue weighted by molar-refractivity contribution is 0.0746. The zero-order chi connectivity index (χ0) is 19.6. The van der Waals surface area contributed by atoms with Crippen molar-refractivity contribution in [3.63, 3.8) is 0 Å². The summed E-state index contributed by atoms with van der Waals surface area (Å²) in [4.78, 5) is 19.2. The van der Waals surface area contributed by atoms with Gasteiger partial charge in [0.25, 0.3) is 5.91 Å². The number of fused-ring (bicyclic) bond motifs is 1. The topological polar surface area (TPSA) is 66.2 Å². The molecule has 3 aromatic rings. The normalized spacial score (nSPS) is 17.7. The summed E-state index contributed by atoms with van der Waals surface area (Å²) in [6.07, 6.45) is 3.86. The molecule has 5 rings (SSSR count). The smallest absolute Gasteiger partial charge is 0.255 e. The molecule has 1 amide bonds. The molecule has 2 aliphatic rings. The van der Waals surface area contributed by atoms with E-state index in [1.54, 1.807) is 0 Å². The number of anilines is 2. The molecule has 8 heteroatoms. The molecule has 8 nitrogen and oxygen atoms in total. The van der Waals surface area contributed by atoms with E-state index in [2.05, 4.69) is 20.0 Å². The van der Waals surface area contributed by atoms with Gasteiger partial charge in [-0.1, -0.05) is 6.07 Å². The third-order valence-electron chi connectivity index (χ3n) is 5.61. The van der Waals surface area contributed by atoms with E-state index in [-0.39, 0.29) is 5.91 Å². The van der Waals surface area contributed by atoms with Gasteiger partial charge < -0.3 is 23.8 Å². The predicted molar refractivity (Wildman–Crippen MR) is 111 cm³/mol. The second-order valence-electron chi connectivity index (χ2n) is 7.39. The summed E-state index contributed by atoms with van der Waals surface area (Å²) >= 11 is 0. The molecule has 0 spiro atoms. The zero-order valence-corrected chi connectivity index (χ0v) is 16.3. The molecule has 29 heavy (non-hydrogen) atoms. The number of rotatable bonds is 3. The van der Waals surface area contributed by atoms with Crippen molar-refractivity contribution in [2.24, 2.45) is 0 Å². The lowest BCUT2D eigenvalue weighted by Crippen LogP contribution is -2.49. The van der Waals surface area contributed by atoms with Crippen LogP contribution in [0, 0.1) is 0 Å². The fourth-order valence-electron chi connectivity index (χ4n) is 3.94. The highest BCUT2D eigenvalue weighted by molar-refractivity contribution is 5.95. The van der Waals surface area contributed by atoms with E-state index < -0.39 is 0 Å². The van der Waals surface area contributed by atoms with E-state index >= 15 is 0 Å². The molecular formula is C21H24N6O2. The quantitative estimate of drug-likeness (QED) is 0.674. The van der Waals surface area contributed by atoms with Crippen molar-refractivity contribution in [1.29, 1.82) is 0 Å². The average Bonchev–Trinajstić information content (AvgIpc) is 3.24. The molecule has 0 atom stereocenters. The van der Waals surface area contributed by atoms with Crippen LogP contribution in [-0.2, 0) is 4.74 Å². The maximum absolute atomic E-state index is 12.9. The number of amides is 1. The molecule has 0 bridgehead atoms. The fourth-order valence-corrected chi connectivity index (χ4v) is 3.94. The Kier molecular flexibility index (Phi) is 4.77. The Bertz CT molecular complexity index is 955. The number of ether oxygens (including phenoxy) is 1. The molecule has 0 aromatic carbocycles. The van der Waals surface area contributed by atoms with Gasteiger partial charge in [0.15, 0.2) is 11.6 Å². The highest BCUT2D eigenvalue weighted by Gasteiger charge is 2.24. The summed E-state index contributed by atoms with van der Waals surface area (Å²) in [5.74, 6) is 1.84. The van der Waals surface area contributed by atoms with Crippen molar-refractivity contribution in [2.45, 2.75) is 0 Å². The molecule has 2 aliphatic heterocycles. The average molecular weight is 392 g/mol. The second-order valence-corrected chi connectivity index (χ2v) is 7.39. The molecule has 0 N–H and O–H groups in total. The molecular weight excluding hydrogens is 368 g/mol. The van der Waals surface area contributed by atoms with Crippen LogP contribution in [-0.4, -0.2) is 77.9 Å². The third-order valence-corrected chi connectivity index (χ3v) is 5.61. The summed E-state index contributed by atoms with van der Waals surface area (Å²) in [6, 6.07) is 11.9. The van der Waals surface area contributed by atoms with Crippen molar-refractivity contribution in [2.75, 3.05) is 62.3 Å². The number of hydrogen-bond donors (Lipinski definition) is 0. The highest BCUT2D eigenvalue weighted by atomic mass is 16.5.